The van der Waals surface area contributed by atoms with Crippen molar-refractivity contribution in [3.63, 3.8) is 0 Å². The van der Waals surface area contributed by atoms with Crippen LogP contribution >= 0.6 is 11.6 Å². The van der Waals surface area contributed by atoms with Gasteiger partial charge < -0.3 is 4.98 Å². The lowest BCUT2D eigenvalue weighted by atomic mass is 9.93. The van der Waals surface area contributed by atoms with Gasteiger partial charge in [-0.15, -0.1) is 0 Å². The highest BCUT2D eigenvalue weighted by molar-refractivity contribution is 7.91. The largest absolute Gasteiger partial charge is 0.346 e. The van der Waals surface area contributed by atoms with Crippen LogP contribution in [-0.4, -0.2) is 28.6 Å². The standard InChI is InChI=1S/C24H20ClN3O3S/c1-14-11-16(12-20(25)27-14)21-18(13-32(30,31)17-7-8-17)22-19(29)9-10-26-24(22)28-23(21)15-5-3-2-4-6-15/h2-6,9-12,17H,7-8,13H2,1H3,(H,26,28,29). The first-order chi connectivity index (χ1) is 15.3. The van der Waals surface area contributed by atoms with Crippen LogP contribution in [0.2, 0.25) is 5.15 Å². The summed E-state index contributed by atoms with van der Waals surface area (Å²) in [6.45, 7) is 1.82. The highest BCUT2D eigenvalue weighted by Crippen LogP contribution is 2.40. The van der Waals surface area contributed by atoms with E-state index >= 15 is 0 Å². The fourth-order valence-electron chi connectivity index (χ4n) is 4.06. The number of aromatic nitrogens is 3. The van der Waals surface area contributed by atoms with Gasteiger partial charge in [0, 0.05) is 29.1 Å². The molecule has 0 amide bonds. The highest BCUT2D eigenvalue weighted by Gasteiger charge is 2.37. The number of aryl methyl sites for hydroxylation is 1. The molecule has 4 aromatic rings. The van der Waals surface area contributed by atoms with Gasteiger partial charge in [-0.05, 0) is 43.0 Å². The van der Waals surface area contributed by atoms with Crippen molar-refractivity contribution in [2.45, 2.75) is 30.8 Å². The van der Waals surface area contributed by atoms with Gasteiger partial charge in [0.15, 0.2) is 15.3 Å². The van der Waals surface area contributed by atoms with Crippen LogP contribution in [0.5, 0.6) is 0 Å². The van der Waals surface area contributed by atoms with Gasteiger partial charge in [-0.1, -0.05) is 41.9 Å². The number of fused-ring (bicyclic) bond motifs is 1. The molecule has 0 unspecified atom stereocenters. The quantitative estimate of drug-likeness (QED) is 0.431. The summed E-state index contributed by atoms with van der Waals surface area (Å²) in [4.78, 5) is 25.0. The van der Waals surface area contributed by atoms with E-state index in [1.165, 1.54) is 12.3 Å². The van der Waals surface area contributed by atoms with Gasteiger partial charge in [0.1, 0.15) is 10.8 Å². The molecule has 1 aromatic carbocycles. The number of benzene rings is 1. The van der Waals surface area contributed by atoms with E-state index < -0.39 is 9.84 Å². The SMILES string of the molecule is Cc1cc(-c2c(-c3ccccc3)nc3[nH]ccc(=O)c3c2CS(=O)(=O)C2CC2)cc(Cl)n1. The molecule has 6 nitrogen and oxygen atoms in total. The zero-order valence-electron chi connectivity index (χ0n) is 17.3. The molecule has 3 heterocycles. The van der Waals surface area contributed by atoms with E-state index in [9.17, 15) is 13.2 Å². The first-order valence-corrected chi connectivity index (χ1v) is 12.4. The van der Waals surface area contributed by atoms with Crippen molar-refractivity contribution in [2.75, 3.05) is 0 Å². The monoisotopic (exact) mass is 465 g/mol. The minimum atomic E-state index is -3.43. The van der Waals surface area contributed by atoms with Gasteiger partial charge in [-0.25, -0.2) is 18.4 Å². The zero-order valence-corrected chi connectivity index (χ0v) is 18.9. The number of aromatic amines is 1. The summed E-state index contributed by atoms with van der Waals surface area (Å²) in [5.41, 5.74) is 3.89. The smallest absolute Gasteiger partial charge is 0.191 e. The number of nitrogens with zero attached hydrogens (tertiary/aromatic N) is 2. The maximum atomic E-state index is 13.1. The minimum absolute atomic E-state index is 0.238. The van der Waals surface area contributed by atoms with Crippen LogP contribution in [0.3, 0.4) is 0 Å². The predicted molar refractivity (Wildman–Crippen MR) is 126 cm³/mol. The van der Waals surface area contributed by atoms with Crippen molar-refractivity contribution in [1.29, 1.82) is 0 Å². The molecule has 0 bridgehead atoms. The number of rotatable bonds is 5. The molecule has 0 atom stereocenters. The van der Waals surface area contributed by atoms with Crippen molar-refractivity contribution >= 4 is 32.5 Å². The van der Waals surface area contributed by atoms with Crippen molar-refractivity contribution in [1.82, 2.24) is 15.0 Å². The maximum Gasteiger partial charge on any atom is 0.191 e. The molecule has 1 aliphatic rings. The minimum Gasteiger partial charge on any atom is -0.346 e. The van der Waals surface area contributed by atoms with Crippen LogP contribution in [0.4, 0.5) is 0 Å². The third-order valence-electron chi connectivity index (χ3n) is 5.64. The summed E-state index contributed by atoms with van der Waals surface area (Å²) < 4.78 is 26.2. The van der Waals surface area contributed by atoms with Crippen LogP contribution in [0, 0.1) is 6.92 Å². The molecule has 0 radical (unpaired) electrons. The van der Waals surface area contributed by atoms with Crippen molar-refractivity contribution in [3.8, 4) is 22.4 Å². The molecule has 0 spiro atoms. The highest BCUT2D eigenvalue weighted by atomic mass is 35.5. The molecular formula is C24H20ClN3O3S. The van der Waals surface area contributed by atoms with E-state index in [0.717, 1.165) is 5.56 Å². The molecule has 8 heteroatoms. The second-order valence-corrected chi connectivity index (χ2v) is 10.7. The molecule has 0 saturated heterocycles. The van der Waals surface area contributed by atoms with Crippen LogP contribution in [0.15, 0.2) is 59.5 Å². The number of hydrogen-bond acceptors (Lipinski definition) is 5. The first-order valence-electron chi connectivity index (χ1n) is 10.3. The fraction of sp³-hybridized carbons (Fsp3) is 0.208. The Morgan fingerprint density at radius 2 is 1.81 bits per heavy atom. The Morgan fingerprint density at radius 3 is 2.50 bits per heavy atom. The number of H-pyrrole nitrogens is 1. The average Bonchev–Trinajstić information content (AvgIpc) is 3.59. The second-order valence-electron chi connectivity index (χ2n) is 8.07. The number of sulfone groups is 1. The lowest BCUT2D eigenvalue weighted by Crippen LogP contribution is -2.15. The summed E-state index contributed by atoms with van der Waals surface area (Å²) in [6, 6.07) is 14.4. The van der Waals surface area contributed by atoms with Crippen LogP contribution in [0.25, 0.3) is 33.4 Å². The Balaban J connectivity index is 1.93. The fourth-order valence-corrected chi connectivity index (χ4v) is 6.09. The normalized spacial score (nSPS) is 14.1. The van der Waals surface area contributed by atoms with E-state index in [4.69, 9.17) is 16.6 Å². The summed E-state index contributed by atoms with van der Waals surface area (Å²) >= 11 is 6.28. The lowest BCUT2D eigenvalue weighted by molar-refractivity contribution is 0.594. The molecule has 0 aliphatic heterocycles. The summed E-state index contributed by atoms with van der Waals surface area (Å²) in [5, 5.41) is 0.221. The van der Waals surface area contributed by atoms with Crippen molar-refractivity contribution in [3.05, 3.63) is 81.4 Å². The molecule has 1 aliphatic carbocycles. The molecule has 5 rings (SSSR count). The molecule has 3 aromatic heterocycles. The summed E-state index contributed by atoms with van der Waals surface area (Å²) in [7, 11) is -3.43. The third-order valence-corrected chi connectivity index (χ3v) is 8.01. The topological polar surface area (TPSA) is 92.8 Å². The van der Waals surface area contributed by atoms with Crippen LogP contribution < -0.4 is 5.43 Å². The summed E-state index contributed by atoms with van der Waals surface area (Å²) in [6.07, 6.45) is 2.84. The van der Waals surface area contributed by atoms with E-state index in [0.29, 0.717) is 46.6 Å². The van der Waals surface area contributed by atoms with Gasteiger partial charge in [-0.2, -0.15) is 0 Å². The molecule has 1 N–H and O–H groups in total. The van der Waals surface area contributed by atoms with Gasteiger partial charge in [0.2, 0.25) is 0 Å². The molecule has 1 saturated carbocycles. The maximum absolute atomic E-state index is 13.1. The summed E-state index contributed by atoms with van der Waals surface area (Å²) in [5.74, 6) is -0.238. The average molecular weight is 466 g/mol. The first kappa shape index (κ1) is 20.8. The van der Waals surface area contributed by atoms with Crippen molar-refractivity contribution < 1.29 is 8.42 Å². The third kappa shape index (κ3) is 3.82. The number of nitrogens with one attached hydrogen (secondary N) is 1. The van der Waals surface area contributed by atoms with E-state index in [1.807, 2.05) is 43.3 Å². The van der Waals surface area contributed by atoms with Crippen LogP contribution in [-0.2, 0) is 15.6 Å². The molecule has 1 fully saturated rings. The Hall–Kier alpha value is -3.03. The molecule has 32 heavy (non-hydrogen) atoms. The number of pyridine rings is 3. The van der Waals surface area contributed by atoms with Gasteiger partial charge in [-0.3, -0.25) is 4.79 Å². The molecule has 162 valence electrons. The van der Waals surface area contributed by atoms with E-state index in [-0.39, 0.29) is 27.0 Å². The van der Waals surface area contributed by atoms with E-state index in [2.05, 4.69) is 9.97 Å². The zero-order chi connectivity index (χ0) is 22.5. The molecular weight excluding hydrogens is 446 g/mol. The number of hydrogen-bond donors (Lipinski definition) is 1. The van der Waals surface area contributed by atoms with Crippen molar-refractivity contribution in [2.24, 2.45) is 0 Å². The number of halogens is 1. The Kier molecular flexibility index (Phi) is 5.10. The Morgan fingerprint density at radius 1 is 1.06 bits per heavy atom. The Labute approximate surface area is 190 Å². The van der Waals surface area contributed by atoms with Gasteiger partial charge in [0.25, 0.3) is 0 Å². The van der Waals surface area contributed by atoms with Gasteiger partial charge in [0.05, 0.1) is 22.1 Å². The van der Waals surface area contributed by atoms with E-state index in [1.54, 1.807) is 6.07 Å². The predicted octanol–water partition coefficient (Wildman–Crippen LogP) is 4.69. The van der Waals surface area contributed by atoms with Gasteiger partial charge >= 0.3 is 0 Å². The van der Waals surface area contributed by atoms with Crippen LogP contribution in [0.1, 0.15) is 24.1 Å². The lowest BCUT2D eigenvalue weighted by Gasteiger charge is -2.18. The Bertz CT molecular complexity index is 1490. The second kappa shape index (κ2) is 7.83.